The lowest BCUT2D eigenvalue weighted by Crippen LogP contribution is -2.28. The van der Waals surface area contributed by atoms with E-state index in [9.17, 15) is 0 Å². The largest absolute Gasteiger partial charge is 0.255 e. The molecular formula is C57H39N6+3. The number of benzene rings is 10. The first kappa shape index (κ1) is 35.2. The lowest BCUT2D eigenvalue weighted by Gasteiger charge is -2.11. The molecule has 0 atom stereocenters. The molecule has 10 aromatic carbocycles. The summed E-state index contributed by atoms with van der Waals surface area (Å²) in [4.78, 5) is 0. The van der Waals surface area contributed by atoms with E-state index in [4.69, 9.17) is 0 Å². The monoisotopic (exact) mass is 807 g/mol. The van der Waals surface area contributed by atoms with E-state index in [0.717, 1.165) is 67.2 Å². The molecule has 0 saturated carbocycles. The first-order chi connectivity index (χ1) is 31.2. The van der Waals surface area contributed by atoms with Crippen LogP contribution in [0.2, 0.25) is 0 Å². The molecule has 3 heterocycles. The SMILES string of the molecule is c1ccc(-n2c[n+](-c3ccccc3)c3cc4c(cc32)c2cc3c(cc2c2cc5c(cc42)n(-c2ccccc2)c[n+]5-c2ccccc2)n(-c2ccccc2)c[n+]3-c2ccccc2)cc1. The summed E-state index contributed by atoms with van der Waals surface area (Å²) >= 11 is 0. The molecule has 13 aromatic rings. The van der Waals surface area contributed by atoms with Gasteiger partial charge in [0.2, 0.25) is 0 Å². The first-order valence-corrected chi connectivity index (χ1v) is 21.4. The Balaban J connectivity index is 1.24. The van der Waals surface area contributed by atoms with Gasteiger partial charge in [-0.3, -0.25) is 0 Å². The molecule has 0 N–H and O–H groups in total. The fourth-order valence-electron chi connectivity index (χ4n) is 9.71. The van der Waals surface area contributed by atoms with Crippen LogP contribution in [0.25, 0.3) is 99.5 Å². The minimum atomic E-state index is 1.11. The first-order valence-electron chi connectivity index (χ1n) is 21.4. The molecule has 0 amide bonds. The van der Waals surface area contributed by atoms with Gasteiger partial charge in [0.1, 0.15) is 34.1 Å². The Morgan fingerprint density at radius 2 is 0.460 bits per heavy atom. The Bertz CT molecular complexity index is 3170. The smallest absolute Gasteiger partial charge is 0.195 e. The van der Waals surface area contributed by atoms with E-state index < -0.39 is 0 Å². The van der Waals surface area contributed by atoms with Crippen molar-refractivity contribution in [2.24, 2.45) is 0 Å². The molecule has 13 rings (SSSR count). The summed E-state index contributed by atoms with van der Waals surface area (Å²) < 4.78 is 14.0. The highest BCUT2D eigenvalue weighted by atomic mass is 15.2. The molecule has 0 aliphatic heterocycles. The average Bonchev–Trinajstić information content (AvgIpc) is 4.06. The van der Waals surface area contributed by atoms with Crippen molar-refractivity contribution in [1.29, 1.82) is 0 Å². The summed E-state index contributed by atoms with van der Waals surface area (Å²) in [6.07, 6.45) is 6.71. The van der Waals surface area contributed by atoms with E-state index >= 15 is 0 Å². The van der Waals surface area contributed by atoms with E-state index in [1.165, 1.54) is 32.3 Å². The van der Waals surface area contributed by atoms with Crippen molar-refractivity contribution in [2.75, 3.05) is 0 Å². The number of aromatic nitrogens is 6. The maximum atomic E-state index is 2.43. The van der Waals surface area contributed by atoms with Gasteiger partial charge in [0.25, 0.3) is 19.0 Å². The molecule has 0 aliphatic carbocycles. The lowest BCUT2D eigenvalue weighted by atomic mass is 9.92. The standard InChI is InChI=1S/C57H39N6/c1-7-19-40(20-8-1)58-37-59(41-21-9-2-10-22-41)53-32-47-46(31-52(53)58)48-33-54-56(62(44-27-15-5-16-28-44)38-60(54)42-23-11-3-12-24-42)35-50(48)51-36-57-55(34-49(47)51)61(43-25-13-4-14-26-43)39-63(57)45-29-17-6-18-30-45/h1-39H/q+3. The summed E-state index contributed by atoms with van der Waals surface area (Å²) in [6.45, 7) is 0. The highest BCUT2D eigenvalue weighted by Crippen LogP contribution is 2.41. The van der Waals surface area contributed by atoms with Crippen LogP contribution in [0.1, 0.15) is 0 Å². The lowest BCUT2D eigenvalue weighted by molar-refractivity contribution is -0.568. The quantitative estimate of drug-likeness (QED) is 0.118. The van der Waals surface area contributed by atoms with Crippen LogP contribution in [0.3, 0.4) is 0 Å². The van der Waals surface area contributed by atoms with Crippen LogP contribution in [0.4, 0.5) is 0 Å². The molecule has 63 heavy (non-hydrogen) atoms. The van der Waals surface area contributed by atoms with E-state index in [0.29, 0.717) is 0 Å². The van der Waals surface area contributed by atoms with Crippen LogP contribution in [0, 0.1) is 0 Å². The van der Waals surface area contributed by atoms with E-state index in [1.807, 2.05) is 0 Å². The minimum Gasteiger partial charge on any atom is -0.195 e. The number of rotatable bonds is 6. The molecule has 0 aliphatic rings. The highest BCUT2D eigenvalue weighted by Gasteiger charge is 2.27. The van der Waals surface area contributed by atoms with Crippen molar-refractivity contribution < 1.29 is 13.7 Å². The molecular weight excluding hydrogens is 769 g/mol. The average molecular weight is 808 g/mol. The number of nitrogens with zero attached hydrogens (tertiary/aromatic N) is 6. The fourth-order valence-corrected chi connectivity index (χ4v) is 9.71. The second-order valence-corrected chi connectivity index (χ2v) is 16.2. The zero-order valence-electron chi connectivity index (χ0n) is 34.2. The number of hydrogen-bond donors (Lipinski definition) is 0. The fraction of sp³-hybridized carbons (Fsp3) is 0. The molecule has 0 fully saturated rings. The summed E-state index contributed by atoms with van der Waals surface area (Å²) in [5, 5.41) is 7.18. The van der Waals surface area contributed by atoms with Gasteiger partial charge in [-0.05, 0) is 142 Å². The molecule has 6 heteroatoms. The van der Waals surface area contributed by atoms with Crippen molar-refractivity contribution in [1.82, 2.24) is 13.7 Å². The Kier molecular flexibility index (Phi) is 7.80. The van der Waals surface area contributed by atoms with Crippen molar-refractivity contribution in [3.05, 3.63) is 237 Å². The third-order valence-corrected chi connectivity index (χ3v) is 12.7. The summed E-state index contributed by atoms with van der Waals surface area (Å²) in [5.74, 6) is 0. The molecule has 6 nitrogen and oxygen atoms in total. The van der Waals surface area contributed by atoms with Gasteiger partial charge in [0.15, 0.2) is 33.1 Å². The third-order valence-electron chi connectivity index (χ3n) is 12.7. The van der Waals surface area contributed by atoms with Crippen LogP contribution in [0.15, 0.2) is 237 Å². The second-order valence-electron chi connectivity index (χ2n) is 16.2. The van der Waals surface area contributed by atoms with Gasteiger partial charge in [-0.2, -0.15) is 27.4 Å². The third kappa shape index (κ3) is 5.55. The van der Waals surface area contributed by atoms with Gasteiger partial charge < -0.3 is 0 Å². The summed E-state index contributed by atoms with van der Waals surface area (Å²) in [5.41, 5.74) is 13.4. The van der Waals surface area contributed by atoms with Crippen LogP contribution in [-0.4, -0.2) is 13.7 Å². The normalized spacial score (nSPS) is 11.8. The maximum absolute atomic E-state index is 2.43. The molecule has 0 spiro atoms. The predicted octanol–water partition coefficient (Wildman–Crippen LogP) is 11.8. The summed E-state index contributed by atoms with van der Waals surface area (Å²) in [6, 6.07) is 78.7. The van der Waals surface area contributed by atoms with Crippen molar-refractivity contribution >= 4 is 65.4 Å². The molecule has 0 saturated heterocycles. The zero-order chi connectivity index (χ0) is 41.4. The van der Waals surface area contributed by atoms with Crippen LogP contribution in [-0.2, 0) is 0 Å². The molecule has 294 valence electrons. The van der Waals surface area contributed by atoms with E-state index in [2.05, 4.69) is 265 Å². The number of para-hydroxylation sites is 6. The maximum Gasteiger partial charge on any atom is 0.255 e. The number of fused-ring (bicyclic) bond motifs is 9. The molecule has 0 bridgehead atoms. The van der Waals surface area contributed by atoms with Crippen LogP contribution in [0.5, 0.6) is 0 Å². The number of imidazole rings is 3. The van der Waals surface area contributed by atoms with Gasteiger partial charge in [-0.1, -0.05) is 109 Å². The van der Waals surface area contributed by atoms with Gasteiger partial charge >= 0.3 is 0 Å². The number of hydrogen-bond acceptors (Lipinski definition) is 0. The zero-order valence-corrected chi connectivity index (χ0v) is 34.2. The van der Waals surface area contributed by atoms with Gasteiger partial charge in [-0.25, -0.2) is 0 Å². The second kappa shape index (κ2) is 14.0. The van der Waals surface area contributed by atoms with Gasteiger partial charge in [0, 0.05) is 0 Å². The molecule has 3 aromatic heterocycles. The van der Waals surface area contributed by atoms with Crippen molar-refractivity contribution in [2.45, 2.75) is 0 Å². The minimum absolute atomic E-state index is 1.11. The summed E-state index contributed by atoms with van der Waals surface area (Å²) in [7, 11) is 0. The topological polar surface area (TPSA) is 26.4 Å². The Hall–Kier alpha value is -8.61. The van der Waals surface area contributed by atoms with Gasteiger partial charge in [0.05, 0.1) is 0 Å². The predicted molar refractivity (Wildman–Crippen MR) is 254 cm³/mol. The Morgan fingerprint density at radius 3 is 0.714 bits per heavy atom. The molecule has 0 radical (unpaired) electrons. The van der Waals surface area contributed by atoms with E-state index in [1.54, 1.807) is 0 Å². The van der Waals surface area contributed by atoms with Crippen LogP contribution >= 0.6 is 0 Å². The Labute approximate surface area is 362 Å². The Morgan fingerprint density at radius 1 is 0.238 bits per heavy atom. The van der Waals surface area contributed by atoms with Crippen molar-refractivity contribution in [3.8, 4) is 34.1 Å². The van der Waals surface area contributed by atoms with Gasteiger partial charge in [-0.15, -0.1) is 0 Å². The molecule has 0 unspecified atom stereocenters. The highest BCUT2D eigenvalue weighted by molar-refractivity contribution is 6.29. The van der Waals surface area contributed by atoms with Crippen molar-refractivity contribution in [3.63, 3.8) is 0 Å². The van der Waals surface area contributed by atoms with E-state index in [-0.39, 0.29) is 0 Å². The van der Waals surface area contributed by atoms with Crippen LogP contribution < -0.4 is 13.7 Å².